The number of methoxy groups -OCH3 is 1. The molecule has 2 saturated heterocycles. The van der Waals surface area contributed by atoms with Crippen molar-refractivity contribution in [2.45, 2.75) is 57.6 Å². The van der Waals surface area contributed by atoms with Crippen LogP contribution in [0, 0.1) is 0 Å². The molecule has 0 aromatic carbocycles. The minimum absolute atomic E-state index is 0.0124. The molecule has 1 N–H and O–H groups in total. The van der Waals surface area contributed by atoms with E-state index >= 15 is 0 Å². The van der Waals surface area contributed by atoms with Gasteiger partial charge in [-0.3, -0.25) is 9.88 Å². The highest BCUT2D eigenvalue weighted by Crippen LogP contribution is 2.18. The molecule has 3 heterocycles. The maximum Gasteiger partial charge on any atom is 0.317 e. The van der Waals surface area contributed by atoms with Gasteiger partial charge in [0.1, 0.15) is 0 Å². The van der Waals surface area contributed by atoms with Gasteiger partial charge in [0.25, 0.3) is 0 Å². The summed E-state index contributed by atoms with van der Waals surface area (Å²) in [6.07, 6.45) is 5.57. The predicted molar refractivity (Wildman–Crippen MR) is 103 cm³/mol. The van der Waals surface area contributed by atoms with Crippen molar-refractivity contribution in [3.05, 3.63) is 30.1 Å². The fourth-order valence-electron chi connectivity index (χ4n) is 3.78. The number of rotatable bonds is 6. The monoisotopic (exact) mass is 376 g/mol. The maximum atomic E-state index is 12.7. The number of nitrogens with zero attached hydrogens (tertiary/aromatic N) is 3. The lowest BCUT2D eigenvalue weighted by molar-refractivity contribution is 0.00374. The van der Waals surface area contributed by atoms with Crippen molar-refractivity contribution in [3.63, 3.8) is 0 Å². The number of hydrogen-bond donors (Lipinski definition) is 1. The minimum Gasteiger partial charge on any atom is -0.378 e. The van der Waals surface area contributed by atoms with Crippen LogP contribution < -0.4 is 5.32 Å². The van der Waals surface area contributed by atoms with E-state index in [2.05, 4.69) is 29.0 Å². The van der Waals surface area contributed by atoms with Gasteiger partial charge in [-0.15, -0.1) is 0 Å². The summed E-state index contributed by atoms with van der Waals surface area (Å²) in [6, 6.07) is 4.45. The van der Waals surface area contributed by atoms with E-state index in [-0.39, 0.29) is 24.3 Å². The van der Waals surface area contributed by atoms with Gasteiger partial charge in [-0.25, -0.2) is 4.79 Å². The first-order chi connectivity index (χ1) is 13.1. The van der Waals surface area contributed by atoms with Gasteiger partial charge >= 0.3 is 6.03 Å². The quantitative estimate of drug-likeness (QED) is 0.821. The maximum absolute atomic E-state index is 12.7. The number of likely N-dealkylation sites (tertiary alicyclic amines) is 2. The highest BCUT2D eigenvalue weighted by molar-refractivity contribution is 5.74. The number of aromatic nitrogens is 1. The van der Waals surface area contributed by atoms with Crippen LogP contribution in [0.2, 0.25) is 0 Å². The molecule has 0 spiro atoms. The predicted octanol–water partition coefficient (Wildman–Crippen LogP) is 1.88. The van der Waals surface area contributed by atoms with E-state index < -0.39 is 0 Å². The van der Waals surface area contributed by atoms with Crippen molar-refractivity contribution in [1.82, 2.24) is 20.1 Å². The Morgan fingerprint density at radius 1 is 1.33 bits per heavy atom. The van der Waals surface area contributed by atoms with Crippen molar-refractivity contribution in [2.24, 2.45) is 0 Å². The SMILES string of the molecule is CO[C@H]1CN(C(C)C)C[C@@H]1NC(=O)N1CCC(OCc2cccnc2)CC1. The molecule has 0 saturated carbocycles. The molecular formula is C20H32N4O3. The number of piperidine rings is 1. The number of carbonyl (C=O) groups is 1. The van der Waals surface area contributed by atoms with Crippen LogP contribution in [0.25, 0.3) is 0 Å². The lowest BCUT2D eigenvalue weighted by Gasteiger charge is -2.33. The Hall–Kier alpha value is -1.70. The van der Waals surface area contributed by atoms with Gasteiger partial charge in [0.05, 0.1) is 24.9 Å². The van der Waals surface area contributed by atoms with Gasteiger partial charge in [-0.05, 0) is 38.3 Å². The zero-order valence-electron chi connectivity index (χ0n) is 16.6. The van der Waals surface area contributed by atoms with Gasteiger partial charge in [-0.1, -0.05) is 6.07 Å². The summed E-state index contributed by atoms with van der Waals surface area (Å²) in [7, 11) is 1.72. The van der Waals surface area contributed by atoms with Crippen LogP contribution in [0.15, 0.2) is 24.5 Å². The molecule has 1 aromatic heterocycles. The average Bonchev–Trinajstić information content (AvgIpc) is 3.11. The fourth-order valence-corrected chi connectivity index (χ4v) is 3.78. The fraction of sp³-hybridized carbons (Fsp3) is 0.700. The average molecular weight is 377 g/mol. The van der Waals surface area contributed by atoms with Crippen molar-refractivity contribution in [2.75, 3.05) is 33.3 Å². The molecule has 3 rings (SSSR count). The molecule has 0 unspecified atom stereocenters. The Morgan fingerprint density at radius 2 is 2.11 bits per heavy atom. The molecule has 2 atom stereocenters. The molecule has 27 heavy (non-hydrogen) atoms. The molecule has 2 fully saturated rings. The van der Waals surface area contributed by atoms with Crippen molar-refractivity contribution >= 4 is 6.03 Å². The molecule has 150 valence electrons. The number of pyridine rings is 1. The second-order valence-electron chi connectivity index (χ2n) is 7.74. The second-order valence-corrected chi connectivity index (χ2v) is 7.74. The van der Waals surface area contributed by atoms with Gasteiger partial charge in [0, 0.05) is 51.7 Å². The van der Waals surface area contributed by atoms with E-state index in [0.29, 0.717) is 12.6 Å². The third kappa shape index (κ3) is 5.40. The lowest BCUT2D eigenvalue weighted by atomic mass is 10.1. The first-order valence-electron chi connectivity index (χ1n) is 9.89. The van der Waals surface area contributed by atoms with E-state index in [9.17, 15) is 4.79 Å². The minimum atomic E-state index is 0.0124. The Kier molecular flexibility index (Phi) is 7.04. The summed E-state index contributed by atoms with van der Waals surface area (Å²) >= 11 is 0. The number of amides is 2. The molecule has 1 aromatic rings. The van der Waals surface area contributed by atoms with Crippen LogP contribution in [0.3, 0.4) is 0 Å². The van der Waals surface area contributed by atoms with E-state index in [1.165, 1.54) is 0 Å². The second kappa shape index (κ2) is 9.48. The number of hydrogen-bond acceptors (Lipinski definition) is 5. The largest absolute Gasteiger partial charge is 0.378 e. The summed E-state index contributed by atoms with van der Waals surface area (Å²) < 4.78 is 11.6. The molecule has 2 aliphatic heterocycles. The first kappa shape index (κ1) is 20.0. The number of urea groups is 1. The van der Waals surface area contributed by atoms with Crippen molar-refractivity contribution in [1.29, 1.82) is 0 Å². The normalized spacial score (nSPS) is 24.5. The summed E-state index contributed by atoms with van der Waals surface area (Å²) in [5.74, 6) is 0. The van der Waals surface area contributed by atoms with Crippen LogP contribution in [0.4, 0.5) is 4.79 Å². The van der Waals surface area contributed by atoms with E-state index in [1.807, 2.05) is 23.2 Å². The molecule has 0 bridgehead atoms. The van der Waals surface area contributed by atoms with E-state index in [0.717, 1.165) is 44.6 Å². The Labute approximate surface area is 162 Å². The zero-order chi connectivity index (χ0) is 19.2. The third-order valence-electron chi connectivity index (χ3n) is 5.57. The summed E-state index contributed by atoms with van der Waals surface area (Å²) in [4.78, 5) is 21.0. The van der Waals surface area contributed by atoms with Crippen molar-refractivity contribution < 1.29 is 14.3 Å². The molecule has 0 aliphatic carbocycles. The van der Waals surface area contributed by atoms with Crippen LogP contribution in [-0.2, 0) is 16.1 Å². The van der Waals surface area contributed by atoms with Crippen LogP contribution in [0.5, 0.6) is 0 Å². The summed E-state index contributed by atoms with van der Waals surface area (Å²) in [5.41, 5.74) is 1.08. The smallest absolute Gasteiger partial charge is 0.317 e. The summed E-state index contributed by atoms with van der Waals surface area (Å²) in [6.45, 7) is 8.08. The highest BCUT2D eigenvalue weighted by atomic mass is 16.5. The Balaban J connectivity index is 1.42. The Morgan fingerprint density at radius 3 is 2.74 bits per heavy atom. The molecule has 2 amide bonds. The molecular weight excluding hydrogens is 344 g/mol. The molecule has 7 heteroatoms. The summed E-state index contributed by atoms with van der Waals surface area (Å²) in [5, 5.41) is 3.18. The molecule has 2 aliphatic rings. The Bertz CT molecular complexity index is 590. The topological polar surface area (TPSA) is 66.9 Å². The van der Waals surface area contributed by atoms with Gasteiger partial charge in [0.15, 0.2) is 0 Å². The number of ether oxygens (including phenoxy) is 2. The van der Waals surface area contributed by atoms with Gasteiger partial charge < -0.3 is 19.7 Å². The van der Waals surface area contributed by atoms with E-state index in [4.69, 9.17) is 9.47 Å². The third-order valence-corrected chi connectivity index (χ3v) is 5.57. The van der Waals surface area contributed by atoms with Crippen LogP contribution in [0.1, 0.15) is 32.3 Å². The van der Waals surface area contributed by atoms with Gasteiger partial charge in [0.2, 0.25) is 0 Å². The molecule has 0 radical (unpaired) electrons. The number of nitrogens with one attached hydrogen (secondary N) is 1. The van der Waals surface area contributed by atoms with Crippen LogP contribution in [-0.4, -0.2) is 78.4 Å². The standard InChI is InChI=1S/C20H32N4O3/c1-15(2)24-12-18(19(13-24)26-3)22-20(25)23-9-6-17(7-10-23)27-14-16-5-4-8-21-11-16/h4-5,8,11,15,17-19H,6-7,9-10,12-14H2,1-3H3,(H,22,25)/t18-,19-/m0/s1. The first-order valence-corrected chi connectivity index (χ1v) is 9.89. The zero-order valence-corrected chi connectivity index (χ0v) is 16.6. The van der Waals surface area contributed by atoms with Crippen molar-refractivity contribution in [3.8, 4) is 0 Å². The number of carbonyl (C=O) groups excluding carboxylic acids is 1. The molecule has 7 nitrogen and oxygen atoms in total. The van der Waals surface area contributed by atoms with Gasteiger partial charge in [-0.2, -0.15) is 0 Å². The highest BCUT2D eigenvalue weighted by Gasteiger charge is 2.36. The van der Waals surface area contributed by atoms with Crippen LogP contribution >= 0.6 is 0 Å². The lowest BCUT2D eigenvalue weighted by Crippen LogP contribution is -2.52. The van der Waals surface area contributed by atoms with E-state index in [1.54, 1.807) is 13.3 Å².